The van der Waals surface area contributed by atoms with E-state index in [0.29, 0.717) is 11.3 Å². The zero-order chi connectivity index (χ0) is 17.8. The number of hydrogen-bond donors (Lipinski definition) is 2. The van der Waals surface area contributed by atoms with E-state index in [-0.39, 0.29) is 5.76 Å². The van der Waals surface area contributed by atoms with E-state index in [1.165, 1.54) is 31.2 Å². The van der Waals surface area contributed by atoms with Gasteiger partial charge in [0, 0.05) is 5.39 Å². The molecule has 3 rings (SSSR count). The first kappa shape index (κ1) is 16.5. The Bertz CT molecular complexity index is 872. The average molecular weight is 342 g/mol. The summed E-state index contributed by atoms with van der Waals surface area (Å²) in [6.45, 7) is 1.51. The van der Waals surface area contributed by atoms with Crippen molar-refractivity contribution in [3.8, 4) is 5.75 Å². The van der Waals surface area contributed by atoms with Crippen molar-refractivity contribution in [2.24, 2.45) is 0 Å². The molecule has 1 atom stereocenters. The number of hydrazine groups is 1. The van der Waals surface area contributed by atoms with Crippen LogP contribution >= 0.6 is 0 Å². The molecule has 3 aromatic rings. The van der Waals surface area contributed by atoms with Crippen molar-refractivity contribution in [2.45, 2.75) is 13.0 Å². The van der Waals surface area contributed by atoms with Crippen LogP contribution in [0.25, 0.3) is 11.0 Å². The highest BCUT2D eigenvalue weighted by Gasteiger charge is 2.17. The summed E-state index contributed by atoms with van der Waals surface area (Å²) in [5.74, 6) is -1.13. The van der Waals surface area contributed by atoms with Crippen LogP contribution in [0.2, 0.25) is 0 Å². The fourth-order valence-corrected chi connectivity index (χ4v) is 2.15. The van der Waals surface area contributed by atoms with Gasteiger partial charge in [-0.3, -0.25) is 20.4 Å². The summed E-state index contributed by atoms with van der Waals surface area (Å²) in [6.07, 6.45) is -0.888. The van der Waals surface area contributed by atoms with E-state index in [9.17, 15) is 14.0 Å². The fourth-order valence-electron chi connectivity index (χ4n) is 2.15. The Morgan fingerprint density at radius 2 is 1.80 bits per heavy atom. The number of carbonyl (C=O) groups excluding carboxylic acids is 2. The van der Waals surface area contributed by atoms with Crippen molar-refractivity contribution in [3.05, 3.63) is 66.2 Å². The number of benzene rings is 2. The first-order valence-electron chi connectivity index (χ1n) is 7.54. The van der Waals surface area contributed by atoms with Gasteiger partial charge in [0.1, 0.15) is 17.1 Å². The molecule has 0 fully saturated rings. The maximum Gasteiger partial charge on any atom is 0.305 e. The third-order valence-corrected chi connectivity index (χ3v) is 3.44. The standard InChI is InChI=1S/C18H15FN2O4/c1-11(24-14-8-6-13(19)7-9-14)17(22)20-21-18(23)16-10-12-4-2-3-5-15(12)25-16/h2-11H,1H3,(H,20,22)(H,21,23)/t11-/m0/s1. The molecule has 0 aliphatic carbocycles. The van der Waals surface area contributed by atoms with Gasteiger partial charge >= 0.3 is 5.91 Å². The van der Waals surface area contributed by atoms with Crippen molar-refractivity contribution in [1.82, 2.24) is 10.9 Å². The Hall–Kier alpha value is -3.35. The molecule has 6 nitrogen and oxygen atoms in total. The molecule has 0 unspecified atom stereocenters. The number of carbonyl (C=O) groups is 2. The quantitative estimate of drug-likeness (QED) is 0.715. The molecule has 2 N–H and O–H groups in total. The van der Waals surface area contributed by atoms with Crippen LogP contribution in [0.1, 0.15) is 17.5 Å². The monoisotopic (exact) mass is 342 g/mol. The van der Waals surface area contributed by atoms with Crippen LogP contribution < -0.4 is 15.6 Å². The highest BCUT2D eigenvalue weighted by atomic mass is 19.1. The number of rotatable bonds is 4. The molecular formula is C18H15FN2O4. The summed E-state index contributed by atoms with van der Waals surface area (Å²) in [5, 5.41) is 0.784. The zero-order valence-electron chi connectivity index (χ0n) is 13.3. The minimum atomic E-state index is -0.888. The molecule has 7 heteroatoms. The first-order chi connectivity index (χ1) is 12.0. The summed E-state index contributed by atoms with van der Waals surface area (Å²) < 4.78 is 23.6. The minimum absolute atomic E-state index is 0.0774. The van der Waals surface area contributed by atoms with Gasteiger partial charge in [-0.15, -0.1) is 0 Å². The topological polar surface area (TPSA) is 80.6 Å². The normalized spacial score (nSPS) is 11.8. The summed E-state index contributed by atoms with van der Waals surface area (Å²) in [6, 6.07) is 14.0. The minimum Gasteiger partial charge on any atom is -0.481 e. The van der Waals surface area contributed by atoms with Crippen molar-refractivity contribution < 1.29 is 23.1 Å². The molecule has 1 aromatic heterocycles. The van der Waals surface area contributed by atoms with Crippen molar-refractivity contribution in [3.63, 3.8) is 0 Å². The third-order valence-electron chi connectivity index (χ3n) is 3.44. The largest absolute Gasteiger partial charge is 0.481 e. The van der Waals surface area contributed by atoms with E-state index in [2.05, 4.69) is 10.9 Å². The van der Waals surface area contributed by atoms with Gasteiger partial charge in [0.15, 0.2) is 11.9 Å². The van der Waals surface area contributed by atoms with Crippen LogP contribution in [0, 0.1) is 5.82 Å². The first-order valence-corrected chi connectivity index (χ1v) is 7.54. The molecule has 0 saturated heterocycles. The van der Waals surface area contributed by atoms with Crippen molar-refractivity contribution in [2.75, 3.05) is 0 Å². The van der Waals surface area contributed by atoms with Crippen molar-refractivity contribution >= 4 is 22.8 Å². The Morgan fingerprint density at radius 3 is 2.52 bits per heavy atom. The zero-order valence-corrected chi connectivity index (χ0v) is 13.3. The lowest BCUT2D eigenvalue weighted by Gasteiger charge is -2.14. The number of ether oxygens (including phenoxy) is 1. The number of para-hydroxylation sites is 1. The molecule has 0 bridgehead atoms. The van der Waals surface area contributed by atoms with E-state index in [0.717, 1.165) is 5.39 Å². The van der Waals surface area contributed by atoms with Crippen LogP contribution in [0.4, 0.5) is 4.39 Å². The molecule has 0 aliphatic heterocycles. The SMILES string of the molecule is C[C@H](Oc1ccc(F)cc1)C(=O)NNC(=O)c1cc2ccccc2o1. The lowest BCUT2D eigenvalue weighted by Crippen LogP contribution is -2.47. The summed E-state index contributed by atoms with van der Waals surface area (Å²) in [4.78, 5) is 24.0. The number of fused-ring (bicyclic) bond motifs is 1. The lowest BCUT2D eigenvalue weighted by atomic mass is 10.2. The van der Waals surface area contributed by atoms with Gasteiger partial charge in [-0.05, 0) is 43.3 Å². The highest BCUT2D eigenvalue weighted by molar-refractivity contribution is 5.97. The Labute approximate surface area is 142 Å². The fraction of sp³-hybridized carbons (Fsp3) is 0.111. The van der Waals surface area contributed by atoms with Crippen LogP contribution in [0.5, 0.6) is 5.75 Å². The number of halogens is 1. The van der Waals surface area contributed by atoms with Gasteiger partial charge in [0.05, 0.1) is 0 Å². The maximum absolute atomic E-state index is 12.8. The van der Waals surface area contributed by atoms with Gasteiger partial charge in [0.25, 0.3) is 5.91 Å². The van der Waals surface area contributed by atoms with Crippen LogP contribution in [0.3, 0.4) is 0 Å². The van der Waals surface area contributed by atoms with E-state index in [1.807, 2.05) is 12.1 Å². The third kappa shape index (κ3) is 3.95. The smallest absolute Gasteiger partial charge is 0.305 e. The predicted octanol–water partition coefficient (Wildman–Crippen LogP) is 2.80. The van der Waals surface area contributed by atoms with Crippen LogP contribution in [-0.4, -0.2) is 17.9 Å². The molecule has 0 radical (unpaired) electrons. The molecular weight excluding hydrogens is 327 g/mol. The molecule has 25 heavy (non-hydrogen) atoms. The second-order valence-electron chi connectivity index (χ2n) is 5.31. The summed E-state index contributed by atoms with van der Waals surface area (Å²) in [7, 11) is 0. The number of furan rings is 1. The summed E-state index contributed by atoms with van der Waals surface area (Å²) in [5.41, 5.74) is 5.10. The summed E-state index contributed by atoms with van der Waals surface area (Å²) >= 11 is 0. The second-order valence-corrected chi connectivity index (χ2v) is 5.31. The highest BCUT2D eigenvalue weighted by Crippen LogP contribution is 2.18. The number of amides is 2. The van der Waals surface area contributed by atoms with Gasteiger partial charge in [-0.25, -0.2) is 4.39 Å². The Balaban J connectivity index is 1.55. The van der Waals surface area contributed by atoms with E-state index in [4.69, 9.17) is 9.15 Å². The molecule has 2 aromatic carbocycles. The Morgan fingerprint density at radius 1 is 1.08 bits per heavy atom. The average Bonchev–Trinajstić information content (AvgIpc) is 3.05. The molecule has 0 spiro atoms. The van der Waals surface area contributed by atoms with Gasteiger partial charge in [-0.2, -0.15) is 0 Å². The van der Waals surface area contributed by atoms with E-state index in [1.54, 1.807) is 18.2 Å². The molecule has 0 aliphatic rings. The molecule has 1 heterocycles. The molecule has 128 valence electrons. The number of nitrogens with one attached hydrogen (secondary N) is 2. The predicted molar refractivity (Wildman–Crippen MR) is 88.3 cm³/mol. The number of hydrogen-bond acceptors (Lipinski definition) is 4. The van der Waals surface area contributed by atoms with Crippen LogP contribution in [0.15, 0.2) is 59.0 Å². The van der Waals surface area contributed by atoms with Gasteiger partial charge in [-0.1, -0.05) is 18.2 Å². The van der Waals surface area contributed by atoms with Gasteiger partial charge < -0.3 is 9.15 Å². The van der Waals surface area contributed by atoms with E-state index < -0.39 is 23.7 Å². The van der Waals surface area contributed by atoms with Gasteiger partial charge in [0.2, 0.25) is 0 Å². The molecule has 2 amide bonds. The maximum atomic E-state index is 12.8. The lowest BCUT2D eigenvalue weighted by molar-refractivity contribution is -0.128. The molecule has 0 saturated carbocycles. The van der Waals surface area contributed by atoms with E-state index >= 15 is 0 Å². The van der Waals surface area contributed by atoms with Crippen LogP contribution in [-0.2, 0) is 4.79 Å². The second kappa shape index (κ2) is 7.04. The van der Waals surface area contributed by atoms with Crippen molar-refractivity contribution in [1.29, 1.82) is 0 Å². The Kier molecular flexibility index (Phi) is 4.65.